The maximum absolute atomic E-state index is 13.2. The number of amides is 1. The SMILES string of the molecule is CC12CCC(C/C1=N/NC(=O)CSc1nnc(N3CCOCC3)n1CC(F)(F)F)C2(C)C. The van der Waals surface area contributed by atoms with Gasteiger partial charge in [-0.15, -0.1) is 10.2 Å². The molecule has 1 saturated heterocycles. The monoisotopic (exact) mass is 474 g/mol. The van der Waals surface area contributed by atoms with Crippen molar-refractivity contribution in [2.45, 2.75) is 57.9 Å². The third-order valence-corrected chi connectivity index (χ3v) is 8.46. The van der Waals surface area contributed by atoms with E-state index in [1.165, 1.54) is 6.42 Å². The van der Waals surface area contributed by atoms with E-state index in [0.29, 0.717) is 32.2 Å². The summed E-state index contributed by atoms with van der Waals surface area (Å²) in [4.78, 5) is 14.1. The molecular weight excluding hydrogens is 445 g/mol. The quantitative estimate of drug-likeness (QED) is 0.504. The lowest BCUT2D eigenvalue weighted by Gasteiger charge is -2.34. The number of nitrogens with one attached hydrogen (secondary N) is 1. The van der Waals surface area contributed by atoms with Gasteiger partial charge in [0.15, 0.2) is 5.16 Å². The minimum Gasteiger partial charge on any atom is -0.378 e. The number of hydrogen-bond acceptors (Lipinski definition) is 7. The Hall–Kier alpha value is -1.82. The van der Waals surface area contributed by atoms with Gasteiger partial charge in [0.1, 0.15) is 6.54 Å². The van der Waals surface area contributed by atoms with Crippen molar-refractivity contribution in [3.8, 4) is 0 Å². The third-order valence-electron chi connectivity index (χ3n) is 7.49. The first kappa shape index (κ1) is 23.3. The van der Waals surface area contributed by atoms with Crippen LogP contribution in [-0.2, 0) is 16.1 Å². The van der Waals surface area contributed by atoms with Gasteiger partial charge in [-0.05, 0) is 30.6 Å². The molecule has 2 unspecified atom stereocenters. The number of hydrogen-bond donors (Lipinski definition) is 1. The van der Waals surface area contributed by atoms with E-state index in [2.05, 4.69) is 41.5 Å². The van der Waals surface area contributed by atoms with Crippen molar-refractivity contribution in [3.05, 3.63) is 0 Å². The summed E-state index contributed by atoms with van der Waals surface area (Å²) in [5.41, 5.74) is 3.73. The van der Waals surface area contributed by atoms with Crippen LogP contribution in [0.15, 0.2) is 10.3 Å². The zero-order chi connectivity index (χ0) is 23.1. The van der Waals surface area contributed by atoms with Crippen LogP contribution in [0.4, 0.5) is 19.1 Å². The van der Waals surface area contributed by atoms with Crippen molar-refractivity contribution < 1.29 is 22.7 Å². The number of carbonyl (C=O) groups excluding carboxylic acids is 1. The summed E-state index contributed by atoms with van der Waals surface area (Å²) in [6.45, 7) is 7.21. The van der Waals surface area contributed by atoms with Gasteiger partial charge in [0.25, 0.3) is 5.91 Å². The van der Waals surface area contributed by atoms with Gasteiger partial charge in [-0.2, -0.15) is 18.3 Å². The molecule has 2 bridgehead atoms. The summed E-state index contributed by atoms with van der Waals surface area (Å²) in [5.74, 6) is 0.239. The van der Waals surface area contributed by atoms with E-state index in [-0.39, 0.29) is 33.6 Å². The molecule has 2 heterocycles. The molecule has 12 heteroatoms. The van der Waals surface area contributed by atoms with Crippen LogP contribution in [0.1, 0.15) is 40.0 Å². The topological polar surface area (TPSA) is 84.6 Å². The van der Waals surface area contributed by atoms with E-state index in [4.69, 9.17) is 4.74 Å². The van der Waals surface area contributed by atoms with Gasteiger partial charge in [-0.1, -0.05) is 32.5 Å². The molecule has 8 nitrogen and oxygen atoms in total. The Bertz CT molecular complexity index is 896. The van der Waals surface area contributed by atoms with Crippen LogP contribution >= 0.6 is 11.8 Å². The highest BCUT2D eigenvalue weighted by Crippen LogP contribution is 2.63. The summed E-state index contributed by atoms with van der Waals surface area (Å²) in [5, 5.41) is 12.3. The second-order valence-electron chi connectivity index (χ2n) is 9.46. The van der Waals surface area contributed by atoms with Crippen molar-refractivity contribution in [1.29, 1.82) is 0 Å². The zero-order valence-electron chi connectivity index (χ0n) is 18.5. The largest absolute Gasteiger partial charge is 0.406 e. The van der Waals surface area contributed by atoms with Gasteiger partial charge >= 0.3 is 6.18 Å². The second kappa shape index (κ2) is 8.51. The van der Waals surface area contributed by atoms with Gasteiger partial charge < -0.3 is 9.64 Å². The average Bonchev–Trinajstić information content (AvgIpc) is 3.28. The molecule has 3 fully saturated rings. The normalized spacial score (nSPS) is 28.5. The first-order valence-corrected chi connectivity index (χ1v) is 11.8. The Kier molecular flexibility index (Phi) is 6.21. The molecule has 0 radical (unpaired) electrons. The Morgan fingerprint density at radius 2 is 2.00 bits per heavy atom. The van der Waals surface area contributed by atoms with E-state index in [0.717, 1.165) is 34.9 Å². The lowest BCUT2D eigenvalue weighted by molar-refractivity contribution is -0.141. The van der Waals surface area contributed by atoms with Gasteiger partial charge in [-0.3, -0.25) is 9.36 Å². The molecule has 0 aromatic carbocycles. The van der Waals surface area contributed by atoms with Gasteiger partial charge in [0, 0.05) is 24.2 Å². The van der Waals surface area contributed by atoms with Crippen LogP contribution in [0.2, 0.25) is 0 Å². The zero-order valence-corrected chi connectivity index (χ0v) is 19.4. The standard InChI is InChI=1S/C20H29F3N6O2S/c1-18(2)13-4-5-19(18,3)14(10-13)24-25-15(30)11-32-17-27-26-16(28-6-8-31-9-7-28)29(17)12-20(21,22)23/h13H,4-12H2,1-3H3,(H,25,30)/b24-14-. The van der Waals surface area contributed by atoms with E-state index < -0.39 is 12.7 Å². The van der Waals surface area contributed by atoms with Crippen LogP contribution in [0.5, 0.6) is 0 Å². The molecule has 1 amide bonds. The number of rotatable bonds is 6. The molecule has 2 atom stereocenters. The number of ether oxygens (including phenoxy) is 1. The summed E-state index contributed by atoms with van der Waals surface area (Å²) in [6, 6.07) is 0. The Labute approximate surface area is 189 Å². The molecule has 178 valence electrons. The van der Waals surface area contributed by atoms with Gasteiger partial charge in [0.05, 0.1) is 19.0 Å². The molecule has 1 N–H and O–H groups in total. The maximum Gasteiger partial charge on any atom is 0.406 e. The number of morpholine rings is 1. The fraction of sp³-hybridized carbons (Fsp3) is 0.800. The van der Waals surface area contributed by atoms with Gasteiger partial charge in [0.2, 0.25) is 5.95 Å². The van der Waals surface area contributed by atoms with Crippen LogP contribution in [-0.4, -0.2) is 64.6 Å². The molecule has 1 aromatic rings. The number of thioether (sulfide) groups is 1. The van der Waals surface area contributed by atoms with Crippen molar-refractivity contribution in [2.75, 3.05) is 37.0 Å². The molecular formula is C20H29F3N6O2S. The number of nitrogens with zero attached hydrogens (tertiary/aromatic N) is 5. The number of halogens is 3. The first-order valence-electron chi connectivity index (χ1n) is 10.8. The molecule has 4 rings (SSSR count). The van der Waals surface area contributed by atoms with Crippen molar-refractivity contribution in [2.24, 2.45) is 21.8 Å². The minimum atomic E-state index is -4.43. The number of hydrazone groups is 1. The van der Waals surface area contributed by atoms with E-state index in [1.54, 1.807) is 4.90 Å². The molecule has 2 saturated carbocycles. The minimum absolute atomic E-state index is 0.0297. The average molecular weight is 475 g/mol. The van der Waals surface area contributed by atoms with Crippen molar-refractivity contribution >= 4 is 29.3 Å². The smallest absolute Gasteiger partial charge is 0.378 e. The summed E-state index contributed by atoms with van der Waals surface area (Å²) in [6.07, 6.45) is -1.33. The first-order chi connectivity index (χ1) is 15.0. The fourth-order valence-corrected chi connectivity index (χ4v) is 5.82. The predicted octanol–water partition coefficient (Wildman–Crippen LogP) is 3.09. The summed E-state index contributed by atoms with van der Waals surface area (Å²) >= 11 is 0.928. The molecule has 32 heavy (non-hydrogen) atoms. The maximum atomic E-state index is 13.2. The fourth-order valence-electron chi connectivity index (χ4n) is 5.09. The molecule has 1 aromatic heterocycles. The van der Waals surface area contributed by atoms with Crippen LogP contribution in [0.25, 0.3) is 0 Å². The van der Waals surface area contributed by atoms with E-state index in [9.17, 15) is 18.0 Å². The Morgan fingerprint density at radius 1 is 1.28 bits per heavy atom. The second-order valence-corrected chi connectivity index (χ2v) is 10.4. The number of alkyl halides is 3. The number of aromatic nitrogens is 3. The molecule has 3 aliphatic rings. The third kappa shape index (κ3) is 4.35. The number of anilines is 1. The molecule has 0 spiro atoms. The van der Waals surface area contributed by atoms with Crippen molar-refractivity contribution in [3.63, 3.8) is 0 Å². The highest BCUT2D eigenvalue weighted by molar-refractivity contribution is 7.99. The lowest BCUT2D eigenvalue weighted by Crippen LogP contribution is -2.38. The van der Waals surface area contributed by atoms with Crippen molar-refractivity contribution in [1.82, 2.24) is 20.2 Å². The van der Waals surface area contributed by atoms with Gasteiger partial charge in [-0.25, -0.2) is 5.43 Å². The van der Waals surface area contributed by atoms with E-state index >= 15 is 0 Å². The van der Waals surface area contributed by atoms with Crippen LogP contribution in [0, 0.1) is 16.7 Å². The lowest BCUT2D eigenvalue weighted by atomic mass is 9.70. The Balaban J connectivity index is 1.41. The summed E-state index contributed by atoms with van der Waals surface area (Å²) in [7, 11) is 0. The highest BCUT2D eigenvalue weighted by Gasteiger charge is 2.60. The molecule has 2 aliphatic carbocycles. The molecule has 1 aliphatic heterocycles. The Morgan fingerprint density at radius 3 is 2.59 bits per heavy atom. The number of fused-ring (bicyclic) bond motifs is 2. The number of carbonyl (C=O) groups is 1. The summed E-state index contributed by atoms with van der Waals surface area (Å²) < 4.78 is 45.8. The predicted molar refractivity (Wildman–Crippen MR) is 115 cm³/mol. The van der Waals surface area contributed by atoms with Crippen LogP contribution < -0.4 is 10.3 Å². The van der Waals surface area contributed by atoms with E-state index in [1.807, 2.05) is 0 Å². The van der Waals surface area contributed by atoms with Crippen LogP contribution in [0.3, 0.4) is 0 Å². The highest BCUT2D eigenvalue weighted by atomic mass is 32.2.